The van der Waals surface area contributed by atoms with Crippen molar-refractivity contribution >= 4 is 10.1 Å². The molecule has 0 aliphatic carbocycles. The van der Waals surface area contributed by atoms with Crippen molar-refractivity contribution < 1.29 is 69.5 Å². The van der Waals surface area contributed by atoms with Crippen LogP contribution in [0.1, 0.15) is 117 Å². The molecule has 2 atom stereocenters. The molecule has 0 heterocycles. The van der Waals surface area contributed by atoms with Gasteiger partial charge < -0.3 is 9.66 Å². The van der Waals surface area contributed by atoms with Gasteiger partial charge in [-0.15, -0.1) is 0 Å². The van der Waals surface area contributed by atoms with Crippen molar-refractivity contribution in [1.82, 2.24) is 0 Å². The van der Waals surface area contributed by atoms with Crippen molar-refractivity contribution in [2.75, 3.05) is 0 Å². The second kappa shape index (κ2) is 19.8. The van der Waals surface area contributed by atoms with Crippen molar-refractivity contribution in [3.05, 3.63) is 0 Å². The minimum Gasteiger partial charge on any atom is -0.748 e. The largest absolute Gasteiger partial charge is 1.00 e. The Bertz CT molecular complexity index is 387. The maximum absolute atomic E-state index is 11.5. The number of hydrogen-bond donors (Lipinski definition) is 1. The van der Waals surface area contributed by atoms with Crippen molar-refractivity contribution in [3.8, 4) is 0 Å². The number of hydrogen-bond acceptors (Lipinski definition) is 4. The summed E-state index contributed by atoms with van der Waals surface area (Å²) in [5.41, 5.74) is 0. The molecule has 152 valence electrons. The molecule has 0 saturated heterocycles. The molecule has 0 bridgehead atoms. The Morgan fingerprint density at radius 3 is 1.42 bits per heavy atom. The van der Waals surface area contributed by atoms with Gasteiger partial charge in [-0.25, -0.2) is 8.42 Å². The summed E-state index contributed by atoms with van der Waals surface area (Å²) in [5, 5.41) is 9.02. The van der Waals surface area contributed by atoms with Crippen LogP contribution in [0.15, 0.2) is 0 Å². The average Bonchev–Trinajstić information content (AvgIpc) is 2.55. The first-order valence-corrected chi connectivity index (χ1v) is 12.0. The van der Waals surface area contributed by atoms with E-state index >= 15 is 0 Å². The number of aliphatic hydroxyl groups is 1. The summed E-state index contributed by atoms with van der Waals surface area (Å²) >= 11 is 0. The zero-order valence-corrected chi connectivity index (χ0v) is 21.5. The molecule has 0 aliphatic heterocycles. The Hall–Kier alpha value is 1.51. The first kappa shape index (κ1) is 29.7. The topological polar surface area (TPSA) is 77.4 Å². The molecule has 0 fully saturated rings. The zero-order valence-electron chi connectivity index (χ0n) is 17.5. The van der Waals surface area contributed by atoms with Crippen LogP contribution >= 0.6 is 0 Å². The Labute approximate surface area is 205 Å². The van der Waals surface area contributed by atoms with Gasteiger partial charge in [0.1, 0.15) is 10.1 Å². The summed E-state index contributed by atoms with van der Waals surface area (Å²) in [6, 6.07) is 0. The van der Waals surface area contributed by atoms with Crippen molar-refractivity contribution in [2.45, 2.75) is 128 Å². The van der Waals surface area contributed by atoms with E-state index in [0.717, 1.165) is 44.9 Å². The fourth-order valence-electron chi connectivity index (χ4n) is 3.33. The van der Waals surface area contributed by atoms with Gasteiger partial charge in [0.2, 0.25) is 0 Å². The standard InChI is InChI=1S/C20H42O4S.K/c1-3-5-7-9-10-11-12-14-16-18-20(25(22,23)24)19(21)17-15-13-8-6-4-2;/h19-21H,3-18H2,1-2H3,(H,22,23,24);/q;+1/p-1. The summed E-state index contributed by atoms with van der Waals surface area (Å²) in [4.78, 5) is 0. The van der Waals surface area contributed by atoms with Crippen molar-refractivity contribution in [1.29, 1.82) is 0 Å². The van der Waals surface area contributed by atoms with E-state index in [0.29, 0.717) is 19.3 Å². The van der Waals surface area contributed by atoms with E-state index < -0.39 is 21.5 Å². The van der Waals surface area contributed by atoms with Crippen molar-refractivity contribution in [3.63, 3.8) is 0 Å². The molecule has 0 aliphatic rings. The van der Waals surface area contributed by atoms with E-state index in [9.17, 15) is 18.1 Å². The number of unbranched alkanes of at least 4 members (excludes halogenated alkanes) is 12. The van der Waals surface area contributed by atoms with E-state index in [2.05, 4.69) is 13.8 Å². The Morgan fingerprint density at radius 1 is 0.692 bits per heavy atom. The van der Waals surface area contributed by atoms with Crippen LogP contribution in [0.4, 0.5) is 0 Å². The maximum Gasteiger partial charge on any atom is 1.00 e. The van der Waals surface area contributed by atoms with Gasteiger partial charge in [-0.05, 0) is 12.8 Å². The molecule has 4 nitrogen and oxygen atoms in total. The summed E-state index contributed by atoms with van der Waals surface area (Å²) in [7, 11) is -4.42. The van der Waals surface area contributed by atoms with Crippen LogP contribution < -0.4 is 51.4 Å². The molecule has 0 amide bonds. The molecule has 0 aromatic heterocycles. The van der Waals surface area contributed by atoms with Crippen LogP contribution in [0.3, 0.4) is 0 Å². The zero-order chi connectivity index (χ0) is 19.0. The van der Waals surface area contributed by atoms with Crippen LogP contribution in [0.25, 0.3) is 0 Å². The smallest absolute Gasteiger partial charge is 0.748 e. The van der Waals surface area contributed by atoms with Crippen molar-refractivity contribution in [2.24, 2.45) is 0 Å². The van der Waals surface area contributed by atoms with Gasteiger partial charge in [0.25, 0.3) is 0 Å². The molecule has 6 heteroatoms. The SMILES string of the molecule is CCCCCCCCCCCC(C(O)CCCCCCC)S(=O)(=O)[O-].[K+]. The molecule has 0 saturated carbocycles. The van der Waals surface area contributed by atoms with Gasteiger partial charge in [-0.1, -0.05) is 104 Å². The Morgan fingerprint density at radius 2 is 1.04 bits per heavy atom. The molecular weight excluding hydrogens is 375 g/mol. The predicted molar refractivity (Wildman–Crippen MR) is 105 cm³/mol. The van der Waals surface area contributed by atoms with Crippen LogP contribution in [0.2, 0.25) is 0 Å². The van der Waals surface area contributed by atoms with Crippen LogP contribution in [-0.2, 0) is 10.1 Å². The minimum absolute atomic E-state index is 0. The quantitative estimate of drug-likeness (QED) is 0.212. The summed E-state index contributed by atoms with van der Waals surface area (Å²) in [5.74, 6) is 0. The van der Waals surface area contributed by atoms with E-state index in [-0.39, 0.29) is 51.4 Å². The van der Waals surface area contributed by atoms with Gasteiger partial charge in [0.15, 0.2) is 0 Å². The second-order valence-corrected chi connectivity index (χ2v) is 9.01. The van der Waals surface area contributed by atoms with E-state index in [1.54, 1.807) is 0 Å². The summed E-state index contributed by atoms with van der Waals surface area (Å²) in [6.07, 6.45) is 15.3. The van der Waals surface area contributed by atoms with Gasteiger partial charge in [0.05, 0.1) is 11.4 Å². The normalized spacial score (nSPS) is 14.0. The van der Waals surface area contributed by atoms with E-state index in [1.807, 2.05) is 0 Å². The monoisotopic (exact) mass is 416 g/mol. The predicted octanol–water partition coefficient (Wildman–Crippen LogP) is 2.55. The molecule has 0 aromatic rings. The van der Waals surface area contributed by atoms with Crippen LogP contribution in [0.5, 0.6) is 0 Å². The van der Waals surface area contributed by atoms with E-state index in [4.69, 9.17) is 0 Å². The summed E-state index contributed by atoms with van der Waals surface area (Å²) in [6.45, 7) is 4.35. The second-order valence-electron chi connectivity index (χ2n) is 7.42. The Kier molecular flexibility index (Phi) is 22.6. The van der Waals surface area contributed by atoms with Gasteiger partial charge in [0, 0.05) is 0 Å². The molecule has 0 rings (SSSR count). The van der Waals surface area contributed by atoms with E-state index in [1.165, 1.54) is 38.5 Å². The maximum atomic E-state index is 11.5. The molecule has 26 heavy (non-hydrogen) atoms. The third kappa shape index (κ3) is 17.6. The van der Waals surface area contributed by atoms with Gasteiger partial charge >= 0.3 is 51.4 Å². The molecule has 2 unspecified atom stereocenters. The van der Waals surface area contributed by atoms with Crippen LogP contribution in [0, 0.1) is 0 Å². The summed E-state index contributed by atoms with van der Waals surface area (Å²) < 4.78 is 34.4. The number of aliphatic hydroxyl groups excluding tert-OH is 1. The van der Waals surface area contributed by atoms with Crippen LogP contribution in [-0.4, -0.2) is 29.4 Å². The van der Waals surface area contributed by atoms with Gasteiger partial charge in [-0.2, -0.15) is 0 Å². The third-order valence-electron chi connectivity index (χ3n) is 5.00. The molecule has 1 N–H and O–H groups in total. The first-order chi connectivity index (χ1) is 11.9. The van der Waals surface area contributed by atoms with Gasteiger partial charge in [-0.3, -0.25) is 0 Å². The Balaban J connectivity index is 0. The average molecular weight is 417 g/mol. The fourth-order valence-corrected chi connectivity index (χ4v) is 4.30. The number of rotatable bonds is 18. The molecule has 0 aromatic carbocycles. The first-order valence-electron chi connectivity index (χ1n) is 10.6. The molecule has 0 spiro atoms. The fraction of sp³-hybridized carbons (Fsp3) is 1.00. The molecular formula is C20H41KO4S. The molecule has 0 radical (unpaired) electrons. The third-order valence-corrected chi connectivity index (χ3v) is 6.29. The minimum atomic E-state index is -4.42.